The topological polar surface area (TPSA) is 49.7 Å². The van der Waals surface area contributed by atoms with E-state index in [2.05, 4.69) is 13.0 Å². The largest absolute Gasteiger partial charge is 0.508 e. The molecule has 0 spiro atoms. The number of benzene rings is 1. The third-order valence-electron chi connectivity index (χ3n) is 7.22. The van der Waals surface area contributed by atoms with Crippen molar-refractivity contribution < 1.29 is 14.9 Å². The van der Waals surface area contributed by atoms with Crippen LogP contribution in [0.25, 0.3) is 0 Å². The molecular formula is C20H28O3. The molecule has 4 unspecified atom stereocenters. The number of phenolic OH excluding ortho intramolecular Hbond substituents is 1. The molecule has 2 fully saturated rings. The van der Waals surface area contributed by atoms with Crippen molar-refractivity contribution in [2.24, 2.45) is 17.3 Å². The van der Waals surface area contributed by atoms with Gasteiger partial charge in [0.05, 0.1) is 12.7 Å². The average Bonchev–Trinajstić information content (AvgIpc) is 2.83. The fourth-order valence-electron chi connectivity index (χ4n) is 6.04. The zero-order valence-corrected chi connectivity index (χ0v) is 14.2. The highest BCUT2D eigenvalue weighted by molar-refractivity contribution is 5.42. The Kier molecular flexibility index (Phi) is 3.69. The van der Waals surface area contributed by atoms with Crippen molar-refractivity contribution in [3.8, 4) is 5.75 Å². The maximum absolute atomic E-state index is 10.5. The fourth-order valence-corrected chi connectivity index (χ4v) is 6.04. The van der Waals surface area contributed by atoms with E-state index in [9.17, 15) is 10.2 Å². The first kappa shape index (κ1) is 15.5. The summed E-state index contributed by atoms with van der Waals surface area (Å²) in [6.45, 7) is 3.02. The fraction of sp³-hybridized carbons (Fsp3) is 0.700. The third-order valence-corrected chi connectivity index (χ3v) is 7.22. The van der Waals surface area contributed by atoms with Crippen molar-refractivity contribution >= 4 is 0 Å². The van der Waals surface area contributed by atoms with Crippen molar-refractivity contribution in [3.05, 3.63) is 29.3 Å². The van der Waals surface area contributed by atoms with Crippen molar-refractivity contribution in [2.45, 2.75) is 57.0 Å². The second-order valence-electron chi connectivity index (χ2n) is 8.22. The average molecular weight is 316 g/mol. The van der Waals surface area contributed by atoms with E-state index in [1.165, 1.54) is 11.1 Å². The predicted octanol–water partition coefficient (Wildman–Crippen LogP) is 3.80. The lowest BCUT2D eigenvalue weighted by atomic mass is 9.54. The molecule has 0 heterocycles. The number of methoxy groups -OCH3 is 1. The van der Waals surface area contributed by atoms with Crippen LogP contribution in [0.3, 0.4) is 0 Å². The molecule has 0 saturated heterocycles. The van der Waals surface area contributed by atoms with Crippen LogP contribution in [-0.4, -0.2) is 30.0 Å². The maximum atomic E-state index is 10.5. The normalized spacial score (nSPS) is 42.0. The van der Waals surface area contributed by atoms with E-state index in [0.717, 1.165) is 32.1 Å². The molecule has 23 heavy (non-hydrogen) atoms. The van der Waals surface area contributed by atoms with Gasteiger partial charge in [-0.1, -0.05) is 13.0 Å². The second kappa shape index (κ2) is 5.49. The van der Waals surface area contributed by atoms with Crippen molar-refractivity contribution in [2.75, 3.05) is 13.7 Å². The van der Waals surface area contributed by atoms with Gasteiger partial charge >= 0.3 is 0 Å². The van der Waals surface area contributed by atoms with Gasteiger partial charge in [0, 0.05) is 13.0 Å². The first-order valence-electron chi connectivity index (χ1n) is 9.04. The van der Waals surface area contributed by atoms with E-state index in [-0.39, 0.29) is 11.5 Å². The Morgan fingerprint density at radius 2 is 2.04 bits per heavy atom. The lowest BCUT2D eigenvalue weighted by Crippen LogP contribution is -2.44. The first-order chi connectivity index (χ1) is 11.0. The number of hydrogen-bond donors (Lipinski definition) is 2. The Labute approximate surface area is 138 Å². The minimum absolute atomic E-state index is 0.104. The summed E-state index contributed by atoms with van der Waals surface area (Å²) in [6, 6.07) is 5.92. The maximum Gasteiger partial charge on any atom is 0.115 e. The molecule has 2 saturated carbocycles. The predicted molar refractivity (Wildman–Crippen MR) is 89.6 cm³/mol. The highest BCUT2D eigenvalue weighted by Crippen LogP contribution is 2.62. The molecule has 1 aromatic carbocycles. The summed E-state index contributed by atoms with van der Waals surface area (Å²) in [4.78, 5) is 0. The molecule has 0 radical (unpaired) electrons. The van der Waals surface area contributed by atoms with Gasteiger partial charge < -0.3 is 14.9 Å². The van der Waals surface area contributed by atoms with Gasteiger partial charge in [0.2, 0.25) is 0 Å². The van der Waals surface area contributed by atoms with Crippen molar-refractivity contribution in [3.63, 3.8) is 0 Å². The van der Waals surface area contributed by atoms with Crippen LogP contribution in [0.1, 0.15) is 62.0 Å². The number of ether oxygens (including phenoxy) is 1. The Balaban J connectivity index is 1.74. The molecule has 0 amide bonds. The Morgan fingerprint density at radius 3 is 2.83 bits per heavy atom. The van der Waals surface area contributed by atoms with Gasteiger partial charge in [0.25, 0.3) is 0 Å². The summed E-state index contributed by atoms with van der Waals surface area (Å²) in [5.41, 5.74) is 2.81. The number of phenols is 1. The van der Waals surface area contributed by atoms with Gasteiger partial charge in [-0.3, -0.25) is 0 Å². The van der Waals surface area contributed by atoms with E-state index >= 15 is 0 Å². The summed E-state index contributed by atoms with van der Waals surface area (Å²) in [5.74, 6) is 2.58. The number of rotatable bonds is 2. The zero-order chi connectivity index (χ0) is 16.2. The van der Waals surface area contributed by atoms with Crippen LogP contribution in [0.15, 0.2) is 18.2 Å². The molecule has 126 valence electrons. The first-order valence-corrected chi connectivity index (χ1v) is 9.04. The van der Waals surface area contributed by atoms with E-state index in [1.54, 1.807) is 7.11 Å². The van der Waals surface area contributed by atoms with Crippen LogP contribution < -0.4 is 0 Å². The molecule has 4 rings (SSSR count). The lowest BCUT2D eigenvalue weighted by molar-refractivity contribution is -0.0273. The summed E-state index contributed by atoms with van der Waals surface area (Å²) >= 11 is 0. The van der Waals surface area contributed by atoms with Gasteiger partial charge in [-0.2, -0.15) is 0 Å². The lowest BCUT2D eigenvalue weighted by Gasteiger charge is -2.51. The minimum atomic E-state index is -0.129. The molecule has 2 N–H and O–H groups in total. The molecule has 1 aromatic rings. The van der Waals surface area contributed by atoms with Gasteiger partial charge in [0.15, 0.2) is 0 Å². The van der Waals surface area contributed by atoms with Gasteiger partial charge in [-0.15, -0.1) is 0 Å². The molecule has 3 aliphatic rings. The quantitative estimate of drug-likeness (QED) is 0.872. The van der Waals surface area contributed by atoms with Gasteiger partial charge in [-0.25, -0.2) is 0 Å². The van der Waals surface area contributed by atoms with Crippen LogP contribution in [0.5, 0.6) is 5.75 Å². The monoisotopic (exact) mass is 316 g/mol. The number of aliphatic hydroxyl groups excluding tert-OH is 1. The molecule has 3 aliphatic carbocycles. The van der Waals surface area contributed by atoms with Crippen LogP contribution in [-0.2, 0) is 4.74 Å². The summed E-state index contributed by atoms with van der Waals surface area (Å²) in [5, 5.41) is 20.4. The highest BCUT2D eigenvalue weighted by Gasteiger charge is 2.55. The van der Waals surface area contributed by atoms with Crippen LogP contribution in [0, 0.1) is 17.3 Å². The Hall–Kier alpha value is -1.06. The smallest absolute Gasteiger partial charge is 0.115 e. The third kappa shape index (κ3) is 2.24. The molecule has 0 aromatic heterocycles. The summed E-state index contributed by atoms with van der Waals surface area (Å²) in [7, 11) is 1.76. The molecule has 0 aliphatic heterocycles. The van der Waals surface area contributed by atoms with Crippen LogP contribution in [0.2, 0.25) is 0 Å². The number of aromatic hydroxyl groups is 1. The SMILES string of the molecule is COCC1CC2C(CC[C@@]3(C)C2CC[C@@H]3O)c2ccc(O)cc21. The Morgan fingerprint density at radius 1 is 1.22 bits per heavy atom. The zero-order valence-electron chi connectivity index (χ0n) is 14.2. The van der Waals surface area contributed by atoms with Crippen molar-refractivity contribution in [1.82, 2.24) is 0 Å². The second-order valence-corrected chi connectivity index (χ2v) is 8.22. The highest BCUT2D eigenvalue weighted by atomic mass is 16.5. The number of fused-ring (bicyclic) bond motifs is 5. The standard InChI is InChI=1S/C20H28O3/c1-20-8-7-15-14-4-3-13(21)10-16(14)12(11-23-2)9-17(15)18(20)5-6-19(20)22/h3-4,10,12,15,17-19,21-22H,5-9,11H2,1-2H3/t12?,15?,17?,18?,19-,20-/m0/s1. The summed E-state index contributed by atoms with van der Waals surface area (Å²) < 4.78 is 5.48. The van der Waals surface area contributed by atoms with Crippen LogP contribution >= 0.6 is 0 Å². The summed E-state index contributed by atoms with van der Waals surface area (Å²) in [6.07, 6.45) is 5.40. The number of hydrogen-bond acceptors (Lipinski definition) is 3. The molecular weight excluding hydrogens is 288 g/mol. The number of aliphatic hydroxyl groups is 1. The van der Waals surface area contributed by atoms with Gasteiger partial charge in [-0.05, 0) is 78.5 Å². The minimum Gasteiger partial charge on any atom is -0.508 e. The van der Waals surface area contributed by atoms with E-state index in [4.69, 9.17) is 4.74 Å². The van der Waals surface area contributed by atoms with Gasteiger partial charge in [0.1, 0.15) is 5.75 Å². The van der Waals surface area contributed by atoms with E-state index in [1.807, 2.05) is 12.1 Å². The molecule has 0 bridgehead atoms. The van der Waals surface area contributed by atoms with Crippen LogP contribution in [0.4, 0.5) is 0 Å². The van der Waals surface area contributed by atoms with E-state index in [0.29, 0.717) is 36.0 Å². The van der Waals surface area contributed by atoms with Crippen molar-refractivity contribution in [1.29, 1.82) is 0 Å². The van der Waals surface area contributed by atoms with E-state index < -0.39 is 0 Å². The molecule has 3 nitrogen and oxygen atoms in total. The molecule has 3 heteroatoms. The molecule has 6 atom stereocenters. The Bertz CT molecular complexity index is 599.